The number of rotatable bonds is 6. The van der Waals surface area contributed by atoms with Crippen molar-refractivity contribution in [2.75, 3.05) is 38.6 Å². The summed E-state index contributed by atoms with van der Waals surface area (Å²) in [6.07, 6.45) is 0. The van der Waals surface area contributed by atoms with Gasteiger partial charge in [-0.15, -0.1) is 0 Å². The van der Waals surface area contributed by atoms with E-state index in [2.05, 4.69) is 20.9 Å². The number of hydrogen-bond donors (Lipinski definition) is 1. The Morgan fingerprint density at radius 1 is 1.24 bits per heavy atom. The van der Waals surface area contributed by atoms with Gasteiger partial charge in [-0.2, -0.15) is 0 Å². The van der Waals surface area contributed by atoms with Gasteiger partial charge in [0.05, 0.1) is 19.8 Å². The maximum Gasteiger partial charge on any atom is 0.329 e. The van der Waals surface area contributed by atoms with Crippen LogP contribution in [0.2, 0.25) is 0 Å². The Labute approximate surface area is 172 Å². The molecule has 29 heavy (non-hydrogen) atoms. The fourth-order valence-electron chi connectivity index (χ4n) is 3.56. The molecule has 154 valence electrons. The first-order chi connectivity index (χ1) is 14.0. The molecule has 9 heteroatoms. The van der Waals surface area contributed by atoms with Gasteiger partial charge in [-0.25, -0.2) is 9.78 Å². The molecule has 0 spiro atoms. The number of nitrogens with zero attached hydrogens (tertiary/aromatic N) is 4. The predicted octanol–water partition coefficient (Wildman–Crippen LogP) is 1.20. The largest absolute Gasteiger partial charge is 0.379 e. The summed E-state index contributed by atoms with van der Waals surface area (Å²) in [5.41, 5.74) is 2.25. The third kappa shape index (κ3) is 4.31. The fourth-order valence-corrected chi connectivity index (χ4v) is 4.55. The zero-order valence-corrected chi connectivity index (χ0v) is 17.5. The number of fused-ring (bicyclic) bond motifs is 1. The molecule has 1 N–H and O–H groups in total. The van der Waals surface area contributed by atoms with Crippen molar-refractivity contribution in [2.24, 2.45) is 7.05 Å². The van der Waals surface area contributed by atoms with Gasteiger partial charge in [0.25, 0.3) is 5.56 Å². The summed E-state index contributed by atoms with van der Waals surface area (Å²) in [5.74, 6) is 0.850. The van der Waals surface area contributed by atoms with Crippen molar-refractivity contribution >= 4 is 22.9 Å². The Morgan fingerprint density at radius 3 is 2.79 bits per heavy atom. The van der Waals surface area contributed by atoms with Crippen LogP contribution in [-0.4, -0.2) is 62.6 Å². The minimum absolute atomic E-state index is 0.400. The van der Waals surface area contributed by atoms with E-state index in [0.717, 1.165) is 54.9 Å². The van der Waals surface area contributed by atoms with Crippen molar-refractivity contribution in [3.8, 4) is 0 Å². The summed E-state index contributed by atoms with van der Waals surface area (Å²) >= 11 is 1.61. The lowest BCUT2D eigenvalue weighted by atomic mass is 10.1. The second-order valence-electron chi connectivity index (χ2n) is 7.26. The summed E-state index contributed by atoms with van der Waals surface area (Å²) < 4.78 is 8.72. The highest BCUT2D eigenvalue weighted by atomic mass is 32.2. The van der Waals surface area contributed by atoms with Gasteiger partial charge < -0.3 is 9.30 Å². The number of aromatic amines is 1. The molecular weight excluding hydrogens is 390 g/mol. The van der Waals surface area contributed by atoms with Gasteiger partial charge in [-0.05, 0) is 12.5 Å². The summed E-state index contributed by atoms with van der Waals surface area (Å²) in [7, 11) is 1.63. The van der Waals surface area contributed by atoms with Crippen LogP contribution in [0.15, 0.2) is 39.0 Å². The van der Waals surface area contributed by atoms with Crippen LogP contribution in [0.25, 0.3) is 11.2 Å². The number of H-pyrrole nitrogens is 1. The number of aromatic nitrogens is 4. The maximum absolute atomic E-state index is 12.6. The van der Waals surface area contributed by atoms with E-state index in [9.17, 15) is 9.59 Å². The molecule has 1 aliphatic heterocycles. The number of ether oxygens (including phenoxy) is 1. The Morgan fingerprint density at radius 2 is 2.03 bits per heavy atom. The molecule has 3 heterocycles. The predicted molar refractivity (Wildman–Crippen MR) is 114 cm³/mol. The van der Waals surface area contributed by atoms with E-state index in [1.807, 2.05) is 29.7 Å². The molecule has 0 bridgehead atoms. The Bertz CT molecular complexity index is 1130. The SMILES string of the molecule is Cc1cccc(Cn2c(SCCN3CCOCC3)nc3c2c(=O)[nH]c(=O)n3C)c1. The van der Waals surface area contributed by atoms with Crippen molar-refractivity contribution in [3.63, 3.8) is 0 Å². The molecule has 0 atom stereocenters. The maximum atomic E-state index is 12.6. The average molecular weight is 416 g/mol. The topological polar surface area (TPSA) is 85.2 Å². The monoisotopic (exact) mass is 415 g/mol. The van der Waals surface area contributed by atoms with Gasteiger partial charge in [-0.3, -0.25) is 19.2 Å². The van der Waals surface area contributed by atoms with Gasteiger partial charge in [0, 0.05) is 32.4 Å². The van der Waals surface area contributed by atoms with E-state index in [1.165, 1.54) is 4.57 Å². The third-order valence-electron chi connectivity index (χ3n) is 5.14. The summed E-state index contributed by atoms with van der Waals surface area (Å²) in [5, 5.41) is 0.751. The highest BCUT2D eigenvalue weighted by Gasteiger charge is 2.18. The third-order valence-corrected chi connectivity index (χ3v) is 6.09. The van der Waals surface area contributed by atoms with Gasteiger partial charge >= 0.3 is 5.69 Å². The number of morpholine rings is 1. The van der Waals surface area contributed by atoms with E-state index < -0.39 is 11.2 Å². The molecule has 0 radical (unpaired) electrons. The lowest BCUT2D eigenvalue weighted by molar-refractivity contribution is 0.0410. The first kappa shape index (κ1) is 19.9. The molecule has 8 nitrogen and oxygen atoms in total. The molecule has 4 rings (SSSR count). The number of aryl methyl sites for hydroxylation is 2. The number of imidazole rings is 1. The summed E-state index contributed by atoms with van der Waals surface area (Å²) in [6.45, 7) is 6.92. The normalized spacial score (nSPS) is 15.2. The van der Waals surface area contributed by atoms with Crippen molar-refractivity contribution in [2.45, 2.75) is 18.6 Å². The average Bonchev–Trinajstić information content (AvgIpc) is 3.06. The standard InChI is InChI=1S/C20H25N5O3S/c1-14-4-3-5-15(12-14)13-25-16-17(23(2)19(27)22-18(16)26)21-20(25)29-11-8-24-6-9-28-10-7-24/h3-5,12H,6-11,13H2,1-2H3,(H,22,26,27). The van der Waals surface area contributed by atoms with Crippen LogP contribution in [0.3, 0.4) is 0 Å². The highest BCUT2D eigenvalue weighted by molar-refractivity contribution is 7.99. The van der Waals surface area contributed by atoms with Crippen LogP contribution in [0.4, 0.5) is 0 Å². The lowest BCUT2D eigenvalue weighted by Crippen LogP contribution is -2.37. The zero-order chi connectivity index (χ0) is 20.4. The molecule has 1 aliphatic rings. The molecule has 1 fully saturated rings. The van der Waals surface area contributed by atoms with Crippen LogP contribution in [0.5, 0.6) is 0 Å². The van der Waals surface area contributed by atoms with E-state index in [4.69, 9.17) is 4.74 Å². The van der Waals surface area contributed by atoms with E-state index in [0.29, 0.717) is 17.7 Å². The van der Waals surface area contributed by atoms with Crippen molar-refractivity contribution < 1.29 is 4.74 Å². The van der Waals surface area contributed by atoms with Crippen molar-refractivity contribution in [1.29, 1.82) is 0 Å². The number of benzene rings is 1. The fraction of sp³-hybridized carbons (Fsp3) is 0.450. The summed E-state index contributed by atoms with van der Waals surface area (Å²) in [6, 6.07) is 8.19. The van der Waals surface area contributed by atoms with Gasteiger partial charge in [0.2, 0.25) is 0 Å². The van der Waals surface area contributed by atoms with Gasteiger partial charge in [0.15, 0.2) is 16.3 Å². The lowest BCUT2D eigenvalue weighted by Gasteiger charge is -2.26. The Hall–Kier alpha value is -2.36. The second kappa shape index (κ2) is 8.56. The number of thioether (sulfide) groups is 1. The second-order valence-corrected chi connectivity index (χ2v) is 8.32. The van der Waals surface area contributed by atoms with Crippen LogP contribution in [0, 0.1) is 6.92 Å². The Balaban J connectivity index is 1.67. The molecular formula is C20H25N5O3S. The molecule has 2 aromatic heterocycles. The quantitative estimate of drug-likeness (QED) is 0.609. The van der Waals surface area contributed by atoms with Gasteiger partial charge in [-0.1, -0.05) is 41.6 Å². The minimum atomic E-state index is -0.451. The molecule has 1 saturated heterocycles. The molecule has 0 saturated carbocycles. The smallest absolute Gasteiger partial charge is 0.329 e. The molecule has 3 aromatic rings. The zero-order valence-electron chi connectivity index (χ0n) is 16.7. The van der Waals surface area contributed by atoms with Gasteiger partial charge in [0.1, 0.15) is 0 Å². The summed E-state index contributed by atoms with van der Waals surface area (Å²) in [4.78, 5) is 34.1. The molecule has 0 aliphatic carbocycles. The Kier molecular flexibility index (Phi) is 5.89. The van der Waals surface area contributed by atoms with Crippen LogP contribution >= 0.6 is 11.8 Å². The minimum Gasteiger partial charge on any atom is -0.379 e. The highest BCUT2D eigenvalue weighted by Crippen LogP contribution is 2.23. The number of nitrogens with one attached hydrogen (secondary N) is 1. The van der Waals surface area contributed by atoms with Crippen LogP contribution in [-0.2, 0) is 18.3 Å². The van der Waals surface area contributed by atoms with Crippen LogP contribution in [0.1, 0.15) is 11.1 Å². The molecule has 1 aromatic carbocycles. The van der Waals surface area contributed by atoms with E-state index >= 15 is 0 Å². The molecule has 0 unspecified atom stereocenters. The van der Waals surface area contributed by atoms with Crippen molar-refractivity contribution in [1.82, 2.24) is 24.0 Å². The van der Waals surface area contributed by atoms with E-state index in [1.54, 1.807) is 18.8 Å². The number of hydrogen-bond acceptors (Lipinski definition) is 6. The van der Waals surface area contributed by atoms with Crippen LogP contribution < -0.4 is 11.2 Å². The first-order valence-corrected chi connectivity index (χ1v) is 10.7. The molecule has 0 amide bonds. The van der Waals surface area contributed by atoms with E-state index in [-0.39, 0.29) is 0 Å². The first-order valence-electron chi connectivity index (χ1n) is 9.71. The van der Waals surface area contributed by atoms with Crippen molar-refractivity contribution in [3.05, 3.63) is 56.2 Å².